The van der Waals surface area contributed by atoms with E-state index >= 15 is 0 Å². The Morgan fingerprint density at radius 2 is 2.05 bits per heavy atom. The number of hydrogen-bond acceptors (Lipinski definition) is 5. The molecule has 20 heavy (non-hydrogen) atoms. The lowest BCUT2D eigenvalue weighted by Gasteiger charge is -2.09. The van der Waals surface area contributed by atoms with Gasteiger partial charge in [-0.1, -0.05) is 30.1 Å². The zero-order chi connectivity index (χ0) is 14.3. The van der Waals surface area contributed by atoms with Crippen molar-refractivity contribution < 1.29 is 0 Å². The van der Waals surface area contributed by atoms with Crippen molar-refractivity contribution in [3.63, 3.8) is 0 Å². The quantitative estimate of drug-likeness (QED) is 0.723. The zero-order valence-electron chi connectivity index (χ0n) is 10.4. The normalized spacial score (nSPS) is 11.3. The van der Waals surface area contributed by atoms with Gasteiger partial charge in [-0.3, -0.25) is 9.67 Å². The number of H-pyrrole nitrogens is 1. The maximum Gasteiger partial charge on any atom is 0.199 e. The average Bonchev–Trinajstić information content (AvgIpc) is 3.00. The topological polar surface area (TPSA) is 59.4 Å². The van der Waals surface area contributed by atoms with Crippen molar-refractivity contribution in [2.45, 2.75) is 19.8 Å². The average molecular weight is 346 g/mol. The molecule has 0 amide bonds. The van der Waals surface area contributed by atoms with Gasteiger partial charge in [0.05, 0.1) is 27.5 Å². The van der Waals surface area contributed by atoms with E-state index in [2.05, 4.69) is 25.9 Å². The molecule has 0 fully saturated rings. The van der Waals surface area contributed by atoms with E-state index in [4.69, 9.17) is 35.4 Å². The van der Waals surface area contributed by atoms with Crippen LogP contribution in [0.5, 0.6) is 0 Å². The molecule has 0 spiro atoms. The van der Waals surface area contributed by atoms with Crippen LogP contribution in [0.4, 0.5) is 0 Å². The number of benzene rings is 1. The minimum absolute atomic E-state index is 0.477. The first kappa shape index (κ1) is 13.9. The number of fused-ring (bicyclic) bond motifs is 1. The van der Waals surface area contributed by atoms with Crippen molar-refractivity contribution in [2.75, 3.05) is 0 Å². The number of nitrogens with zero attached hydrogens (tertiary/aromatic N) is 4. The number of aryl methyl sites for hydroxylation is 1. The van der Waals surface area contributed by atoms with Gasteiger partial charge in [-0.2, -0.15) is 13.8 Å². The summed E-state index contributed by atoms with van der Waals surface area (Å²) in [6, 6.07) is 1.66. The summed E-state index contributed by atoms with van der Waals surface area (Å²) in [5, 5.41) is 8.00. The molecule has 3 rings (SSSR count). The van der Waals surface area contributed by atoms with E-state index in [1.165, 1.54) is 0 Å². The molecule has 0 atom stereocenters. The Morgan fingerprint density at radius 3 is 2.80 bits per heavy atom. The van der Waals surface area contributed by atoms with Crippen LogP contribution in [-0.4, -0.2) is 23.5 Å². The van der Waals surface area contributed by atoms with Crippen molar-refractivity contribution in [2.24, 2.45) is 0 Å². The van der Waals surface area contributed by atoms with E-state index < -0.39 is 0 Å². The van der Waals surface area contributed by atoms with Crippen LogP contribution in [-0.2, 0) is 6.42 Å². The molecular weight excluding hydrogens is 337 g/mol. The number of halogens is 2. The van der Waals surface area contributed by atoms with E-state index in [0.717, 1.165) is 30.4 Å². The fraction of sp³-hybridized carbons (Fsp3) is 0.273. The standard InChI is InChI=1S/C11H9Cl2N5S2/c1-2-3-7-14-15-11(19)18(7)10-6(13)4-5(12)8-9(10)17-20-16-8/h4H,2-3H2,1H3,(H,15,19). The number of nitrogens with one attached hydrogen (secondary N) is 1. The molecule has 0 aliphatic rings. The maximum absolute atomic E-state index is 6.34. The predicted octanol–water partition coefficient (Wildman–Crippen LogP) is 4.19. The van der Waals surface area contributed by atoms with Crippen LogP contribution in [0.2, 0.25) is 10.0 Å². The molecule has 0 unspecified atom stereocenters. The molecule has 1 aromatic carbocycles. The number of aromatic nitrogens is 5. The van der Waals surface area contributed by atoms with Crippen molar-refractivity contribution in [1.29, 1.82) is 0 Å². The van der Waals surface area contributed by atoms with Gasteiger partial charge in [0.15, 0.2) is 4.77 Å². The predicted molar refractivity (Wildman–Crippen MR) is 83.7 cm³/mol. The number of hydrogen-bond donors (Lipinski definition) is 1. The van der Waals surface area contributed by atoms with Gasteiger partial charge in [0.2, 0.25) is 0 Å². The van der Waals surface area contributed by atoms with Crippen molar-refractivity contribution >= 4 is 58.2 Å². The Kier molecular flexibility index (Phi) is 3.76. The third-order valence-corrected chi connectivity index (χ3v) is 4.24. The molecule has 9 heteroatoms. The van der Waals surface area contributed by atoms with Gasteiger partial charge in [0.25, 0.3) is 0 Å². The van der Waals surface area contributed by atoms with Gasteiger partial charge in [-0.15, -0.1) is 0 Å². The summed E-state index contributed by atoms with van der Waals surface area (Å²) in [4.78, 5) is 0. The van der Waals surface area contributed by atoms with Gasteiger partial charge < -0.3 is 0 Å². The molecule has 0 aliphatic carbocycles. The van der Waals surface area contributed by atoms with E-state index in [-0.39, 0.29) is 0 Å². The first-order valence-electron chi connectivity index (χ1n) is 5.90. The molecule has 2 heterocycles. The molecule has 1 N–H and O–H groups in total. The lowest BCUT2D eigenvalue weighted by molar-refractivity contribution is 0.803. The van der Waals surface area contributed by atoms with E-state index in [1.807, 2.05) is 0 Å². The third kappa shape index (κ3) is 2.14. The van der Waals surface area contributed by atoms with Crippen LogP contribution in [0, 0.1) is 4.77 Å². The van der Waals surface area contributed by atoms with Gasteiger partial charge >= 0.3 is 0 Å². The highest BCUT2D eigenvalue weighted by Gasteiger charge is 2.19. The number of aromatic amines is 1. The van der Waals surface area contributed by atoms with Crippen LogP contribution in [0.1, 0.15) is 19.2 Å². The van der Waals surface area contributed by atoms with E-state index in [9.17, 15) is 0 Å². The largest absolute Gasteiger partial charge is 0.268 e. The molecular formula is C11H9Cl2N5S2. The third-order valence-electron chi connectivity index (χ3n) is 2.86. The molecule has 0 radical (unpaired) electrons. The Balaban J connectivity index is 2.38. The monoisotopic (exact) mass is 345 g/mol. The Morgan fingerprint density at radius 1 is 1.30 bits per heavy atom. The first-order valence-corrected chi connectivity index (χ1v) is 7.79. The van der Waals surface area contributed by atoms with Crippen LogP contribution in [0.25, 0.3) is 16.7 Å². The Labute approximate surface area is 133 Å². The lowest BCUT2D eigenvalue weighted by Crippen LogP contribution is -2.03. The smallest absolute Gasteiger partial charge is 0.199 e. The van der Waals surface area contributed by atoms with Gasteiger partial charge in [-0.25, -0.2) is 0 Å². The van der Waals surface area contributed by atoms with Crippen LogP contribution in [0.3, 0.4) is 0 Å². The second-order valence-corrected chi connectivity index (χ2v) is 5.91. The van der Waals surface area contributed by atoms with Crippen molar-refractivity contribution in [3.8, 4) is 5.69 Å². The summed E-state index contributed by atoms with van der Waals surface area (Å²) in [6.45, 7) is 2.07. The van der Waals surface area contributed by atoms with Crippen molar-refractivity contribution in [1.82, 2.24) is 23.5 Å². The fourth-order valence-electron chi connectivity index (χ4n) is 2.03. The summed E-state index contributed by atoms with van der Waals surface area (Å²) in [5.74, 6) is 0.816. The summed E-state index contributed by atoms with van der Waals surface area (Å²) >= 11 is 18.9. The minimum atomic E-state index is 0.477. The second kappa shape index (κ2) is 5.40. The maximum atomic E-state index is 6.34. The fourth-order valence-corrected chi connectivity index (χ4v) is 3.46. The second-order valence-electron chi connectivity index (χ2n) is 4.18. The highest BCUT2D eigenvalue weighted by molar-refractivity contribution is 7.71. The molecule has 2 aromatic heterocycles. The van der Waals surface area contributed by atoms with E-state index in [1.54, 1.807) is 10.6 Å². The van der Waals surface area contributed by atoms with E-state index in [0.29, 0.717) is 31.5 Å². The van der Waals surface area contributed by atoms with Gasteiger partial charge in [0, 0.05) is 6.42 Å². The molecule has 104 valence electrons. The molecule has 0 aliphatic heterocycles. The first-order chi connectivity index (χ1) is 9.63. The number of rotatable bonds is 3. The highest BCUT2D eigenvalue weighted by atomic mass is 35.5. The minimum Gasteiger partial charge on any atom is -0.268 e. The van der Waals surface area contributed by atoms with Gasteiger partial charge in [0.1, 0.15) is 16.9 Å². The summed E-state index contributed by atoms with van der Waals surface area (Å²) in [7, 11) is 0. The van der Waals surface area contributed by atoms with Crippen LogP contribution < -0.4 is 0 Å². The molecule has 0 bridgehead atoms. The Hall–Kier alpha value is -1.02. The summed E-state index contributed by atoms with van der Waals surface area (Å²) in [6.07, 6.45) is 1.73. The SMILES string of the molecule is CCCc1n[nH]c(=S)n1-c1c(Cl)cc(Cl)c2nsnc12. The van der Waals surface area contributed by atoms with Crippen molar-refractivity contribution in [3.05, 3.63) is 26.7 Å². The zero-order valence-corrected chi connectivity index (χ0v) is 13.5. The lowest BCUT2D eigenvalue weighted by atomic mass is 10.2. The van der Waals surface area contributed by atoms with Crippen LogP contribution >= 0.6 is 47.1 Å². The molecule has 0 saturated carbocycles. The molecule has 0 saturated heterocycles. The molecule has 3 aromatic rings. The highest BCUT2D eigenvalue weighted by Crippen LogP contribution is 2.34. The molecule has 5 nitrogen and oxygen atoms in total. The Bertz CT molecular complexity index is 835. The van der Waals surface area contributed by atoms with Crippen LogP contribution in [0.15, 0.2) is 6.07 Å². The summed E-state index contributed by atoms with van der Waals surface area (Å²) in [5.41, 5.74) is 1.95. The summed E-state index contributed by atoms with van der Waals surface area (Å²) < 4.78 is 10.8. The van der Waals surface area contributed by atoms with Gasteiger partial charge in [-0.05, 0) is 24.7 Å².